The van der Waals surface area contributed by atoms with Crippen LogP contribution in [0.15, 0.2) is 24.3 Å². The van der Waals surface area contributed by atoms with Crippen LogP contribution in [0.25, 0.3) is 0 Å². The number of fused-ring (bicyclic) bond motifs is 1. The molecule has 0 aliphatic carbocycles. The van der Waals surface area contributed by atoms with E-state index in [0.717, 1.165) is 41.9 Å². The first kappa shape index (κ1) is 24.4. The second-order valence-corrected chi connectivity index (χ2v) is 8.37. The number of benzene rings is 1. The minimum Gasteiger partial charge on any atom is -0.362 e. The molecule has 0 radical (unpaired) electrons. The summed E-state index contributed by atoms with van der Waals surface area (Å²) in [6.45, 7) is 9.06. The zero-order chi connectivity index (χ0) is 23.5. The van der Waals surface area contributed by atoms with E-state index >= 15 is 0 Å². The van der Waals surface area contributed by atoms with Crippen LogP contribution in [0.1, 0.15) is 60.4 Å². The molecule has 1 aromatic heterocycles. The van der Waals surface area contributed by atoms with Crippen LogP contribution in [0.3, 0.4) is 0 Å². The third kappa shape index (κ3) is 5.38. The summed E-state index contributed by atoms with van der Waals surface area (Å²) in [4.78, 5) is 14.8. The zero-order valence-corrected chi connectivity index (χ0v) is 19.2. The lowest BCUT2D eigenvalue weighted by Crippen LogP contribution is -2.36. The molecular weight excluding hydrogens is 443 g/mol. The lowest BCUT2D eigenvalue weighted by atomic mass is 9.96. The van der Waals surface area contributed by atoms with Gasteiger partial charge in [0.05, 0.1) is 6.04 Å². The molecule has 176 valence electrons. The van der Waals surface area contributed by atoms with Gasteiger partial charge in [-0.25, -0.2) is 4.68 Å². The fraction of sp³-hybridized carbons (Fsp3) is 0.545. The van der Waals surface area contributed by atoms with Crippen LogP contribution >= 0.6 is 11.6 Å². The van der Waals surface area contributed by atoms with E-state index in [4.69, 9.17) is 11.6 Å². The highest BCUT2D eigenvalue weighted by molar-refractivity contribution is 6.36. The summed E-state index contributed by atoms with van der Waals surface area (Å²) >= 11 is 6.36. The molecular formula is C22H29ClF3N5O. The molecule has 1 aromatic carbocycles. The second kappa shape index (κ2) is 10.1. The quantitative estimate of drug-likeness (QED) is 0.534. The molecule has 2 heterocycles. The molecule has 1 aliphatic rings. The van der Waals surface area contributed by atoms with Crippen molar-refractivity contribution in [3.8, 4) is 0 Å². The van der Waals surface area contributed by atoms with Gasteiger partial charge in [0.2, 0.25) is 0 Å². The number of alkyl halides is 3. The van der Waals surface area contributed by atoms with Crippen LogP contribution < -0.4 is 10.6 Å². The van der Waals surface area contributed by atoms with Crippen molar-refractivity contribution in [1.29, 1.82) is 0 Å². The fourth-order valence-corrected chi connectivity index (χ4v) is 4.14. The monoisotopic (exact) mass is 471 g/mol. The van der Waals surface area contributed by atoms with Gasteiger partial charge in [0.25, 0.3) is 5.91 Å². The normalized spacial score (nSPS) is 18.4. The average molecular weight is 472 g/mol. The maximum Gasteiger partial charge on any atom is 0.410 e. The van der Waals surface area contributed by atoms with Crippen molar-refractivity contribution in [1.82, 2.24) is 20.0 Å². The smallest absolute Gasteiger partial charge is 0.362 e. The van der Waals surface area contributed by atoms with Crippen molar-refractivity contribution in [2.45, 2.75) is 51.9 Å². The molecule has 0 saturated heterocycles. The third-order valence-electron chi connectivity index (χ3n) is 5.82. The number of nitrogens with one attached hydrogen (secondary N) is 2. The van der Waals surface area contributed by atoms with Crippen molar-refractivity contribution in [3.63, 3.8) is 0 Å². The number of carbonyl (C=O) groups is 1. The standard InChI is InChI=1S/C22H29ClF3N5O/c1-4-30(5-2)12-6-11-27-21(32)19-18(23)20-28-16(15-9-7-14(3)8-10-15)13-17(22(24,25)26)31(20)29-19/h7-10,16-17,28H,4-6,11-13H2,1-3H3,(H,27,32)/t16-,17-/m1/s1. The van der Waals surface area contributed by atoms with Crippen LogP contribution in [-0.4, -0.2) is 52.9 Å². The molecule has 1 aliphatic heterocycles. The summed E-state index contributed by atoms with van der Waals surface area (Å²) in [5.74, 6) is -0.565. The molecule has 0 unspecified atom stereocenters. The maximum absolute atomic E-state index is 13.9. The Morgan fingerprint density at radius 1 is 1.28 bits per heavy atom. The zero-order valence-electron chi connectivity index (χ0n) is 18.5. The van der Waals surface area contributed by atoms with E-state index in [1.54, 1.807) is 12.1 Å². The van der Waals surface area contributed by atoms with Crippen LogP contribution in [0, 0.1) is 6.92 Å². The van der Waals surface area contributed by atoms with Crippen molar-refractivity contribution in [3.05, 3.63) is 46.1 Å². The fourth-order valence-electron chi connectivity index (χ4n) is 3.88. The van der Waals surface area contributed by atoms with Crippen molar-refractivity contribution in [2.75, 3.05) is 31.5 Å². The predicted octanol–water partition coefficient (Wildman–Crippen LogP) is 4.97. The van der Waals surface area contributed by atoms with E-state index in [1.807, 2.05) is 19.1 Å². The van der Waals surface area contributed by atoms with Gasteiger partial charge in [-0.15, -0.1) is 0 Å². The number of halogens is 4. The Bertz CT molecular complexity index is 925. The number of rotatable bonds is 8. The van der Waals surface area contributed by atoms with Gasteiger partial charge in [-0.1, -0.05) is 55.3 Å². The molecule has 0 spiro atoms. The van der Waals surface area contributed by atoms with Crippen LogP contribution in [0.2, 0.25) is 5.02 Å². The molecule has 0 fully saturated rings. The summed E-state index contributed by atoms with van der Waals surface area (Å²) < 4.78 is 42.4. The van der Waals surface area contributed by atoms with Crippen LogP contribution in [-0.2, 0) is 0 Å². The SMILES string of the molecule is CCN(CC)CCCNC(=O)c1nn2c(c1Cl)N[C@@H](c1ccc(C)cc1)C[C@@H]2C(F)(F)F. The highest BCUT2D eigenvalue weighted by Gasteiger charge is 2.47. The van der Waals surface area contributed by atoms with E-state index < -0.39 is 24.2 Å². The lowest BCUT2D eigenvalue weighted by Gasteiger charge is -2.33. The number of aryl methyl sites for hydroxylation is 1. The number of aromatic nitrogens is 2. The average Bonchev–Trinajstić information content (AvgIpc) is 3.09. The largest absolute Gasteiger partial charge is 0.410 e. The van der Waals surface area contributed by atoms with Gasteiger partial charge in [0.15, 0.2) is 11.7 Å². The van der Waals surface area contributed by atoms with E-state index in [0.29, 0.717) is 6.54 Å². The van der Waals surface area contributed by atoms with Gasteiger partial charge in [-0.05, 0) is 38.5 Å². The first-order valence-corrected chi connectivity index (χ1v) is 11.2. The Labute approximate surface area is 191 Å². The number of amides is 1. The van der Waals surface area contributed by atoms with E-state index in [-0.39, 0.29) is 23.0 Å². The maximum atomic E-state index is 13.9. The lowest BCUT2D eigenvalue weighted by molar-refractivity contribution is -0.173. The first-order valence-electron chi connectivity index (χ1n) is 10.8. The molecule has 10 heteroatoms. The summed E-state index contributed by atoms with van der Waals surface area (Å²) in [5, 5.41) is 9.64. The van der Waals surface area contributed by atoms with E-state index in [1.165, 1.54) is 0 Å². The van der Waals surface area contributed by atoms with Crippen molar-refractivity contribution >= 4 is 23.3 Å². The third-order valence-corrected chi connectivity index (χ3v) is 6.18. The summed E-state index contributed by atoms with van der Waals surface area (Å²) in [6, 6.07) is 4.81. The van der Waals surface area contributed by atoms with Gasteiger partial charge in [0.1, 0.15) is 10.8 Å². The Kier molecular flexibility index (Phi) is 7.71. The predicted molar refractivity (Wildman–Crippen MR) is 119 cm³/mol. The highest BCUT2D eigenvalue weighted by Crippen LogP contribution is 2.46. The van der Waals surface area contributed by atoms with Gasteiger partial charge in [-0.2, -0.15) is 18.3 Å². The Balaban J connectivity index is 1.80. The minimum atomic E-state index is -4.54. The van der Waals surface area contributed by atoms with Crippen molar-refractivity contribution < 1.29 is 18.0 Å². The van der Waals surface area contributed by atoms with Gasteiger partial charge in [0, 0.05) is 13.0 Å². The molecule has 1 amide bonds. The number of nitrogens with zero attached hydrogens (tertiary/aromatic N) is 3. The van der Waals surface area contributed by atoms with Gasteiger partial charge in [-0.3, -0.25) is 4.79 Å². The summed E-state index contributed by atoms with van der Waals surface area (Å²) in [5.41, 5.74) is 1.53. The van der Waals surface area contributed by atoms with Gasteiger partial charge >= 0.3 is 6.18 Å². The van der Waals surface area contributed by atoms with Crippen LogP contribution in [0.4, 0.5) is 19.0 Å². The summed E-state index contributed by atoms with van der Waals surface area (Å²) in [7, 11) is 0. The molecule has 2 atom stereocenters. The van der Waals surface area contributed by atoms with E-state index in [9.17, 15) is 18.0 Å². The second-order valence-electron chi connectivity index (χ2n) is 7.99. The minimum absolute atomic E-state index is 0.0131. The molecule has 2 N–H and O–H groups in total. The van der Waals surface area contributed by atoms with Gasteiger partial charge < -0.3 is 15.5 Å². The Hall–Kier alpha value is -2.26. The summed E-state index contributed by atoms with van der Waals surface area (Å²) in [6.07, 6.45) is -4.06. The van der Waals surface area contributed by atoms with Crippen molar-refractivity contribution in [2.24, 2.45) is 0 Å². The molecule has 3 rings (SSSR count). The molecule has 32 heavy (non-hydrogen) atoms. The number of hydrogen-bond donors (Lipinski definition) is 2. The molecule has 0 saturated carbocycles. The topological polar surface area (TPSA) is 62.2 Å². The number of hydrogen-bond acceptors (Lipinski definition) is 4. The molecule has 6 nitrogen and oxygen atoms in total. The van der Waals surface area contributed by atoms with Crippen LogP contribution in [0.5, 0.6) is 0 Å². The van der Waals surface area contributed by atoms with E-state index in [2.05, 4.69) is 34.5 Å². The highest BCUT2D eigenvalue weighted by atomic mass is 35.5. The molecule has 2 aromatic rings. The Morgan fingerprint density at radius 3 is 2.53 bits per heavy atom. The molecule has 0 bridgehead atoms. The number of anilines is 1. The first-order chi connectivity index (χ1) is 15.2. The Morgan fingerprint density at radius 2 is 1.94 bits per heavy atom. The number of carbonyl (C=O) groups excluding carboxylic acids is 1.